The fraction of sp³-hybridized carbons (Fsp3) is 0.478. The van der Waals surface area contributed by atoms with Crippen molar-refractivity contribution < 1.29 is 14.3 Å². The zero-order valence-electron chi connectivity index (χ0n) is 17.2. The Morgan fingerprint density at radius 1 is 1.00 bits per heavy atom. The number of carbonyl (C=O) groups is 1. The average molecular weight is 409 g/mol. The van der Waals surface area contributed by atoms with Gasteiger partial charge in [0.2, 0.25) is 6.79 Å². The van der Waals surface area contributed by atoms with Crippen molar-refractivity contribution in [3.05, 3.63) is 53.9 Å². The first-order chi connectivity index (χ1) is 14.8. The van der Waals surface area contributed by atoms with Gasteiger partial charge in [-0.3, -0.25) is 19.6 Å². The second-order valence-electron chi connectivity index (χ2n) is 8.28. The van der Waals surface area contributed by atoms with Crippen LogP contribution in [0.5, 0.6) is 11.5 Å². The van der Waals surface area contributed by atoms with Gasteiger partial charge in [0.1, 0.15) is 0 Å². The average Bonchev–Trinajstić information content (AvgIpc) is 3.28. The highest BCUT2D eigenvalue weighted by molar-refractivity contribution is 5.94. The number of aromatic nitrogens is 1. The first kappa shape index (κ1) is 19.3. The fourth-order valence-corrected chi connectivity index (χ4v) is 4.70. The monoisotopic (exact) mass is 408 g/mol. The third kappa shape index (κ3) is 4.13. The Kier molecular flexibility index (Phi) is 5.55. The summed E-state index contributed by atoms with van der Waals surface area (Å²) in [7, 11) is 0. The summed E-state index contributed by atoms with van der Waals surface area (Å²) in [6.07, 6.45) is 5.61. The number of hydrogen-bond acceptors (Lipinski definition) is 6. The van der Waals surface area contributed by atoms with Crippen LogP contribution in [-0.4, -0.2) is 77.7 Å². The van der Waals surface area contributed by atoms with Crippen molar-refractivity contribution in [1.82, 2.24) is 19.7 Å². The van der Waals surface area contributed by atoms with Gasteiger partial charge in [-0.05, 0) is 42.7 Å². The number of ether oxygens (including phenoxy) is 2. The van der Waals surface area contributed by atoms with E-state index in [4.69, 9.17) is 9.47 Å². The second kappa shape index (κ2) is 8.62. The zero-order valence-corrected chi connectivity index (χ0v) is 17.2. The molecule has 0 spiro atoms. The van der Waals surface area contributed by atoms with Crippen LogP contribution in [-0.2, 0) is 6.54 Å². The minimum atomic E-state index is 0.128. The van der Waals surface area contributed by atoms with E-state index in [-0.39, 0.29) is 5.91 Å². The number of amides is 1. The number of nitrogens with zero attached hydrogens (tertiary/aromatic N) is 4. The highest BCUT2D eigenvalue weighted by atomic mass is 16.7. The first-order valence-corrected chi connectivity index (χ1v) is 10.8. The molecule has 7 nitrogen and oxygen atoms in total. The molecule has 5 rings (SSSR count). The predicted molar refractivity (Wildman–Crippen MR) is 113 cm³/mol. The molecule has 2 saturated heterocycles. The Balaban J connectivity index is 1.14. The van der Waals surface area contributed by atoms with E-state index in [9.17, 15) is 4.79 Å². The zero-order chi connectivity index (χ0) is 20.3. The molecule has 30 heavy (non-hydrogen) atoms. The molecule has 0 bridgehead atoms. The van der Waals surface area contributed by atoms with Crippen LogP contribution in [0, 0.1) is 0 Å². The van der Waals surface area contributed by atoms with Gasteiger partial charge >= 0.3 is 0 Å². The van der Waals surface area contributed by atoms with Gasteiger partial charge in [0, 0.05) is 69.8 Å². The van der Waals surface area contributed by atoms with Crippen molar-refractivity contribution in [2.45, 2.75) is 25.4 Å². The number of benzene rings is 1. The van der Waals surface area contributed by atoms with E-state index in [1.807, 2.05) is 11.0 Å². The molecule has 7 heteroatoms. The summed E-state index contributed by atoms with van der Waals surface area (Å²) in [5.74, 6) is 1.82. The molecule has 4 heterocycles. The number of fused-ring (bicyclic) bond motifs is 1. The summed E-state index contributed by atoms with van der Waals surface area (Å²) >= 11 is 0. The standard InChI is InChI=1S/C23H28N4O3/c28-23(19-5-7-24-8-6-19)27-9-1-2-20(16-27)26-12-10-25(11-13-26)15-18-3-4-21-22(14-18)30-17-29-21/h3-8,14,20H,1-2,9-13,15-17H2/t20-/m0/s1. The Morgan fingerprint density at radius 3 is 2.63 bits per heavy atom. The lowest BCUT2D eigenvalue weighted by atomic mass is 10.0. The second-order valence-corrected chi connectivity index (χ2v) is 8.28. The summed E-state index contributed by atoms with van der Waals surface area (Å²) in [4.78, 5) is 23.9. The fourth-order valence-electron chi connectivity index (χ4n) is 4.70. The van der Waals surface area contributed by atoms with Crippen LogP contribution in [0.1, 0.15) is 28.8 Å². The maximum atomic E-state index is 12.8. The highest BCUT2D eigenvalue weighted by Crippen LogP contribution is 2.33. The third-order valence-corrected chi connectivity index (χ3v) is 6.38. The molecular formula is C23H28N4O3. The Hall–Kier alpha value is -2.64. The number of likely N-dealkylation sites (tertiary alicyclic amines) is 1. The molecule has 0 aliphatic carbocycles. The first-order valence-electron chi connectivity index (χ1n) is 10.8. The van der Waals surface area contributed by atoms with Gasteiger partial charge in [-0.1, -0.05) is 6.07 Å². The highest BCUT2D eigenvalue weighted by Gasteiger charge is 2.30. The SMILES string of the molecule is O=C(c1ccncc1)N1CCC[C@H](N2CCN(Cc3ccc4c(c3)OCO4)CC2)C1. The van der Waals surface area contributed by atoms with Gasteiger partial charge in [-0.25, -0.2) is 0 Å². The summed E-state index contributed by atoms with van der Waals surface area (Å²) < 4.78 is 10.9. The van der Waals surface area contributed by atoms with Crippen LogP contribution >= 0.6 is 0 Å². The number of piperazine rings is 1. The quantitative estimate of drug-likeness (QED) is 0.773. The van der Waals surface area contributed by atoms with Gasteiger partial charge in [-0.15, -0.1) is 0 Å². The van der Waals surface area contributed by atoms with Crippen molar-refractivity contribution in [2.75, 3.05) is 46.1 Å². The topological polar surface area (TPSA) is 58.1 Å². The van der Waals surface area contributed by atoms with Crippen LogP contribution in [0.15, 0.2) is 42.7 Å². The lowest BCUT2D eigenvalue weighted by molar-refractivity contribution is 0.0407. The predicted octanol–water partition coefficient (Wildman–Crippen LogP) is 2.23. The van der Waals surface area contributed by atoms with Crippen LogP contribution in [0.2, 0.25) is 0 Å². The minimum absolute atomic E-state index is 0.128. The smallest absolute Gasteiger partial charge is 0.254 e. The van der Waals surface area contributed by atoms with Gasteiger partial charge in [0.05, 0.1) is 0 Å². The van der Waals surface area contributed by atoms with Crippen LogP contribution in [0.4, 0.5) is 0 Å². The van der Waals surface area contributed by atoms with Crippen molar-refractivity contribution in [3.63, 3.8) is 0 Å². The molecule has 1 atom stereocenters. The van der Waals surface area contributed by atoms with Crippen molar-refractivity contribution in [2.24, 2.45) is 0 Å². The molecule has 0 N–H and O–H groups in total. The number of carbonyl (C=O) groups excluding carboxylic acids is 1. The van der Waals surface area contributed by atoms with Crippen LogP contribution in [0.25, 0.3) is 0 Å². The van der Waals surface area contributed by atoms with E-state index in [0.29, 0.717) is 12.8 Å². The lowest BCUT2D eigenvalue weighted by Crippen LogP contribution is -2.55. The van der Waals surface area contributed by atoms with Crippen molar-refractivity contribution in [3.8, 4) is 11.5 Å². The van der Waals surface area contributed by atoms with Gasteiger partial charge in [0.15, 0.2) is 11.5 Å². The molecule has 3 aliphatic heterocycles. The van der Waals surface area contributed by atoms with E-state index >= 15 is 0 Å². The summed E-state index contributed by atoms with van der Waals surface area (Å²) in [5, 5.41) is 0. The minimum Gasteiger partial charge on any atom is -0.454 e. The van der Waals surface area contributed by atoms with Crippen LogP contribution in [0.3, 0.4) is 0 Å². The number of rotatable bonds is 4. The van der Waals surface area contributed by atoms with E-state index in [1.165, 1.54) is 12.0 Å². The molecule has 2 aromatic rings. The molecule has 158 valence electrons. The van der Waals surface area contributed by atoms with Gasteiger partial charge < -0.3 is 14.4 Å². The molecular weight excluding hydrogens is 380 g/mol. The number of hydrogen-bond donors (Lipinski definition) is 0. The summed E-state index contributed by atoms with van der Waals surface area (Å²) in [6, 6.07) is 10.3. The van der Waals surface area contributed by atoms with E-state index in [0.717, 1.165) is 69.3 Å². The normalized spacial score (nSPS) is 22.3. The number of piperidine rings is 1. The molecule has 1 aromatic heterocycles. The molecule has 2 fully saturated rings. The third-order valence-electron chi connectivity index (χ3n) is 6.38. The Morgan fingerprint density at radius 2 is 1.80 bits per heavy atom. The maximum Gasteiger partial charge on any atom is 0.254 e. The molecule has 1 aromatic carbocycles. The largest absolute Gasteiger partial charge is 0.454 e. The van der Waals surface area contributed by atoms with Gasteiger partial charge in [0.25, 0.3) is 5.91 Å². The molecule has 0 radical (unpaired) electrons. The Labute approximate surface area is 177 Å². The Bertz CT molecular complexity index is 883. The molecule has 0 saturated carbocycles. The lowest BCUT2D eigenvalue weighted by Gasteiger charge is -2.43. The van der Waals surface area contributed by atoms with Crippen LogP contribution < -0.4 is 9.47 Å². The number of pyridine rings is 1. The van der Waals surface area contributed by atoms with E-state index < -0.39 is 0 Å². The van der Waals surface area contributed by atoms with Crippen molar-refractivity contribution >= 4 is 5.91 Å². The van der Waals surface area contributed by atoms with E-state index in [2.05, 4.69) is 26.9 Å². The molecule has 0 unspecified atom stereocenters. The van der Waals surface area contributed by atoms with Crippen molar-refractivity contribution in [1.29, 1.82) is 0 Å². The van der Waals surface area contributed by atoms with Gasteiger partial charge in [-0.2, -0.15) is 0 Å². The molecule has 1 amide bonds. The summed E-state index contributed by atoms with van der Waals surface area (Å²) in [6.45, 7) is 7.11. The summed E-state index contributed by atoms with van der Waals surface area (Å²) in [5.41, 5.74) is 2.00. The van der Waals surface area contributed by atoms with E-state index in [1.54, 1.807) is 24.5 Å². The molecule has 3 aliphatic rings. The maximum absolute atomic E-state index is 12.8.